The van der Waals surface area contributed by atoms with E-state index in [2.05, 4.69) is 10.6 Å². The highest BCUT2D eigenvalue weighted by atomic mass is 16.5. The average molecular weight is 310 g/mol. The van der Waals surface area contributed by atoms with E-state index in [-0.39, 0.29) is 18.2 Å². The van der Waals surface area contributed by atoms with Crippen LogP contribution in [-0.2, 0) is 16.1 Å². The van der Waals surface area contributed by atoms with Gasteiger partial charge in [-0.15, -0.1) is 0 Å². The predicted octanol–water partition coefficient (Wildman–Crippen LogP) is 2.40. The van der Waals surface area contributed by atoms with E-state index in [4.69, 9.17) is 4.74 Å². The third-order valence-corrected chi connectivity index (χ3v) is 3.65. The zero-order valence-electron chi connectivity index (χ0n) is 12.8. The van der Waals surface area contributed by atoms with Gasteiger partial charge in [-0.3, -0.25) is 9.59 Å². The molecule has 0 radical (unpaired) electrons. The van der Waals surface area contributed by atoms with Gasteiger partial charge in [-0.05, 0) is 24.6 Å². The molecular weight excluding hydrogens is 292 g/mol. The van der Waals surface area contributed by atoms with E-state index in [0.29, 0.717) is 18.0 Å². The average Bonchev–Trinajstić information content (AvgIpc) is 2.54. The van der Waals surface area contributed by atoms with E-state index in [1.54, 1.807) is 12.1 Å². The summed E-state index contributed by atoms with van der Waals surface area (Å²) in [7, 11) is 0. The molecule has 1 heterocycles. The van der Waals surface area contributed by atoms with Crippen LogP contribution >= 0.6 is 0 Å². The maximum atomic E-state index is 12.1. The molecule has 1 unspecified atom stereocenters. The van der Waals surface area contributed by atoms with Gasteiger partial charge in [0.05, 0.1) is 12.1 Å². The predicted molar refractivity (Wildman–Crippen MR) is 87.1 cm³/mol. The van der Waals surface area contributed by atoms with E-state index in [0.717, 1.165) is 11.1 Å². The highest BCUT2D eigenvalue weighted by Gasteiger charge is 2.29. The van der Waals surface area contributed by atoms with Crippen molar-refractivity contribution in [2.45, 2.75) is 26.0 Å². The SMILES string of the molecule is Cc1cccc(CNC(=O)CC2Oc3ccccc3NC2=O)c1. The number of carbonyl (C=O) groups excluding carboxylic acids is 2. The number of carbonyl (C=O) groups is 2. The zero-order valence-corrected chi connectivity index (χ0v) is 12.8. The summed E-state index contributed by atoms with van der Waals surface area (Å²) in [5.41, 5.74) is 2.80. The molecule has 23 heavy (non-hydrogen) atoms. The van der Waals surface area contributed by atoms with Gasteiger partial charge in [-0.25, -0.2) is 0 Å². The van der Waals surface area contributed by atoms with Crippen LogP contribution < -0.4 is 15.4 Å². The standard InChI is InChI=1S/C18H18N2O3/c1-12-5-4-6-13(9-12)11-19-17(21)10-16-18(22)20-14-7-2-3-8-15(14)23-16/h2-9,16H,10-11H2,1H3,(H,19,21)(H,20,22). The Kier molecular flexibility index (Phi) is 4.28. The zero-order chi connectivity index (χ0) is 16.2. The lowest BCUT2D eigenvalue weighted by Crippen LogP contribution is -2.40. The summed E-state index contributed by atoms with van der Waals surface area (Å²) in [5, 5.41) is 5.57. The van der Waals surface area contributed by atoms with Crippen molar-refractivity contribution in [2.75, 3.05) is 5.32 Å². The molecule has 2 amide bonds. The number of benzene rings is 2. The number of hydrogen-bond donors (Lipinski definition) is 2. The van der Waals surface area contributed by atoms with Crippen molar-refractivity contribution in [1.82, 2.24) is 5.32 Å². The van der Waals surface area contributed by atoms with Gasteiger partial charge in [-0.2, -0.15) is 0 Å². The van der Waals surface area contributed by atoms with Gasteiger partial charge >= 0.3 is 0 Å². The number of para-hydroxylation sites is 2. The minimum absolute atomic E-state index is 0.00795. The van der Waals surface area contributed by atoms with Crippen molar-refractivity contribution in [2.24, 2.45) is 0 Å². The smallest absolute Gasteiger partial charge is 0.266 e. The third-order valence-electron chi connectivity index (χ3n) is 3.65. The molecular formula is C18H18N2O3. The second-order valence-electron chi connectivity index (χ2n) is 5.56. The van der Waals surface area contributed by atoms with Crippen molar-refractivity contribution in [3.8, 4) is 5.75 Å². The maximum Gasteiger partial charge on any atom is 0.266 e. The summed E-state index contributed by atoms with van der Waals surface area (Å²) in [6.45, 7) is 2.44. The summed E-state index contributed by atoms with van der Waals surface area (Å²) in [6, 6.07) is 15.1. The molecule has 0 spiro atoms. The fraction of sp³-hybridized carbons (Fsp3) is 0.222. The molecule has 3 rings (SSSR count). The molecule has 0 saturated carbocycles. The molecule has 5 heteroatoms. The first kappa shape index (κ1) is 15.1. The minimum atomic E-state index is -0.803. The van der Waals surface area contributed by atoms with Crippen LogP contribution in [0.4, 0.5) is 5.69 Å². The van der Waals surface area contributed by atoms with E-state index >= 15 is 0 Å². The molecule has 2 aromatic carbocycles. The lowest BCUT2D eigenvalue weighted by Gasteiger charge is -2.25. The van der Waals surface area contributed by atoms with E-state index in [1.165, 1.54) is 0 Å². The number of anilines is 1. The minimum Gasteiger partial charge on any atom is -0.478 e. The van der Waals surface area contributed by atoms with Crippen LogP contribution in [0.25, 0.3) is 0 Å². The van der Waals surface area contributed by atoms with Crippen molar-refractivity contribution < 1.29 is 14.3 Å². The van der Waals surface area contributed by atoms with Crippen LogP contribution in [0.2, 0.25) is 0 Å². The van der Waals surface area contributed by atoms with Crippen molar-refractivity contribution >= 4 is 17.5 Å². The Labute approximate surface area is 134 Å². The Morgan fingerprint density at radius 1 is 1.22 bits per heavy atom. The summed E-state index contributed by atoms with van der Waals surface area (Å²) in [6.07, 6.45) is -0.811. The molecule has 2 aromatic rings. The monoisotopic (exact) mass is 310 g/mol. The quantitative estimate of drug-likeness (QED) is 0.911. The molecule has 0 saturated heterocycles. The van der Waals surface area contributed by atoms with E-state index < -0.39 is 6.10 Å². The first-order valence-corrected chi connectivity index (χ1v) is 7.50. The lowest BCUT2D eigenvalue weighted by atomic mass is 10.1. The fourth-order valence-electron chi connectivity index (χ4n) is 2.49. The van der Waals surface area contributed by atoms with Crippen molar-refractivity contribution in [3.05, 3.63) is 59.7 Å². The molecule has 5 nitrogen and oxygen atoms in total. The van der Waals surface area contributed by atoms with Gasteiger partial charge < -0.3 is 15.4 Å². The molecule has 0 fully saturated rings. The molecule has 0 aliphatic carbocycles. The molecule has 2 N–H and O–H groups in total. The number of amides is 2. The molecule has 118 valence electrons. The fourth-order valence-corrected chi connectivity index (χ4v) is 2.49. The Bertz CT molecular complexity index is 743. The number of nitrogens with one attached hydrogen (secondary N) is 2. The van der Waals surface area contributed by atoms with E-state index in [9.17, 15) is 9.59 Å². The molecule has 1 atom stereocenters. The third kappa shape index (κ3) is 3.69. The molecule has 0 bridgehead atoms. The van der Waals surface area contributed by atoms with Gasteiger partial charge in [0.2, 0.25) is 5.91 Å². The number of hydrogen-bond acceptors (Lipinski definition) is 3. The first-order valence-electron chi connectivity index (χ1n) is 7.50. The normalized spacial score (nSPS) is 16.0. The largest absolute Gasteiger partial charge is 0.478 e. The van der Waals surface area contributed by atoms with Gasteiger partial charge in [0, 0.05) is 6.54 Å². The van der Waals surface area contributed by atoms with Gasteiger partial charge in [0.1, 0.15) is 5.75 Å². The van der Waals surface area contributed by atoms with Gasteiger partial charge in [0.25, 0.3) is 5.91 Å². The van der Waals surface area contributed by atoms with Crippen LogP contribution in [0.3, 0.4) is 0 Å². The number of ether oxygens (including phenoxy) is 1. The Balaban J connectivity index is 1.57. The Hall–Kier alpha value is -2.82. The summed E-state index contributed by atoms with van der Waals surface area (Å²) in [4.78, 5) is 24.1. The molecule has 1 aliphatic rings. The van der Waals surface area contributed by atoms with Crippen LogP contribution in [0.15, 0.2) is 48.5 Å². The van der Waals surface area contributed by atoms with Gasteiger partial charge in [-0.1, -0.05) is 42.0 Å². The number of fused-ring (bicyclic) bond motifs is 1. The highest BCUT2D eigenvalue weighted by Crippen LogP contribution is 2.29. The lowest BCUT2D eigenvalue weighted by molar-refractivity contribution is -0.130. The summed E-state index contributed by atoms with van der Waals surface area (Å²) in [5.74, 6) is 0.0732. The first-order chi connectivity index (χ1) is 11.1. The second-order valence-corrected chi connectivity index (χ2v) is 5.56. The number of aryl methyl sites for hydroxylation is 1. The topological polar surface area (TPSA) is 67.4 Å². The maximum absolute atomic E-state index is 12.1. The molecule has 1 aliphatic heterocycles. The number of rotatable bonds is 4. The molecule has 0 aromatic heterocycles. The van der Waals surface area contributed by atoms with Crippen LogP contribution in [-0.4, -0.2) is 17.9 Å². The van der Waals surface area contributed by atoms with Crippen LogP contribution in [0.1, 0.15) is 17.5 Å². The highest BCUT2D eigenvalue weighted by molar-refractivity contribution is 5.99. The van der Waals surface area contributed by atoms with Crippen molar-refractivity contribution in [3.63, 3.8) is 0 Å². The summed E-state index contributed by atoms with van der Waals surface area (Å²) < 4.78 is 5.61. The van der Waals surface area contributed by atoms with E-state index in [1.807, 2.05) is 43.3 Å². The van der Waals surface area contributed by atoms with Crippen LogP contribution in [0.5, 0.6) is 5.75 Å². The van der Waals surface area contributed by atoms with Gasteiger partial charge in [0.15, 0.2) is 6.10 Å². The van der Waals surface area contributed by atoms with Crippen LogP contribution in [0, 0.1) is 6.92 Å². The Morgan fingerprint density at radius 3 is 2.87 bits per heavy atom. The Morgan fingerprint density at radius 2 is 2.04 bits per heavy atom. The second kappa shape index (κ2) is 6.52. The van der Waals surface area contributed by atoms with Crippen molar-refractivity contribution in [1.29, 1.82) is 0 Å². The summed E-state index contributed by atoms with van der Waals surface area (Å²) >= 11 is 0.